The fraction of sp³-hybridized carbons (Fsp3) is 0.250. The quantitative estimate of drug-likeness (QED) is 0.283. The SMILES string of the molecule is Cn1cncc1C1(N2CCOCC2)c2ccc(Cl)c(c2)CCOc2cccc(c2)-c2nccc3ccc1cc23. The van der Waals surface area contributed by atoms with Gasteiger partial charge in [-0.1, -0.05) is 48.0 Å². The van der Waals surface area contributed by atoms with E-state index in [0.717, 1.165) is 68.3 Å². The van der Waals surface area contributed by atoms with Crippen molar-refractivity contribution in [2.75, 3.05) is 32.9 Å². The lowest BCUT2D eigenvalue weighted by Gasteiger charge is -2.47. The number of morpholine rings is 1. The van der Waals surface area contributed by atoms with Gasteiger partial charge in [-0.05, 0) is 52.4 Å². The number of hydrogen-bond donors (Lipinski definition) is 0. The molecule has 6 nitrogen and oxygen atoms in total. The zero-order valence-corrected chi connectivity index (χ0v) is 22.6. The molecule has 2 aliphatic rings. The highest BCUT2D eigenvalue weighted by Crippen LogP contribution is 2.45. The van der Waals surface area contributed by atoms with Gasteiger partial charge in [-0.2, -0.15) is 0 Å². The maximum absolute atomic E-state index is 6.79. The monoisotopic (exact) mass is 536 g/mol. The average Bonchev–Trinajstić information content (AvgIpc) is 3.40. The van der Waals surface area contributed by atoms with E-state index in [1.165, 1.54) is 0 Å². The van der Waals surface area contributed by atoms with E-state index in [-0.39, 0.29) is 0 Å². The third-order valence-electron chi connectivity index (χ3n) is 8.07. The molecule has 5 aromatic rings. The van der Waals surface area contributed by atoms with Crippen molar-refractivity contribution >= 4 is 22.4 Å². The molecule has 7 rings (SSSR count). The first kappa shape index (κ1) is 24.3. The molecule has 196 valence electrons. The van der Waals surface area contributed by atoms with E-state index in [1.807, 2.05) is 36.9 Å². The van der Waals surface area contributed by atoms with Crippen LogP contribution in [0.2, 0.25) is 5.02 Å². The summed E-state index contributed by atoms with van der Waals surface area (Å²) in [6.45, 7) is 3.42. The molecule has 0 aliphatic carbocycles. The first-order valence-corrected chi connectivity index (χ1v) is 13.7. The molecule has 1 saturated heterocycles. The van der Waals surface area contributed by atoms with E-state index >= 15 is 0 Å². The number of pyridine rings is 1. The smallest absolute Gasteiger partial charge is 0.119 e. The maximum Gasteiger partial charge on any atom is 0.119 e. The van der Waals surface area contributed by atoms with Gasteiger partial charge < -0.3 is 14.0 Å². The fourth-order valence-corrected chi connectivity index (χ4v) is 6.43. The molecule has 1 unspecified atom stereocenters. The minimum absolute atomic E-state index is 0.520. The molecule has 7 heteroatoms. The number of benzene rings is 3. The van der Waals surface area contributed by atoms with E-state index in [9.17, 15) is 0 Å². The summed E-state index contributed by atoms with van der Waals surface area (Å²) in [5.41, 5.74) is 5.80. The molecule has 0 saturated carbocycles. The molecule has 39 heavy (non-hydrogen) atoms. The zero-order chi connectivity index (χ0) is 26.4. The topological polar surface area (TPSA) is 52.4 Å². The summed E-state index contributed by atoms with van der Waals surface area (Å²) in [6, 6.07) is 23.5. The van der Waals surface area contributed by atoms with Crippen LogP contribution in [-0.2, 0) is 23.7 Å². The molecule has 1 atom stereocenters. The van der Waals surface area contributed by atoms with Crippen molar-refractivity contribution in [2.45, 2.75) is 12.0 Å². The zero-order valence-electron chi connectivity index (χ0n) is 21.8. The number of aryl methyl sites for hydroxylation is 1. The van der Waals surface area contributed by atoms with Gasteiger partial charge in [0.05, 0.1) is 43.7 Å². The summed E-state index contributed by atoms with van der Waals surface area (Å²) in [7, 11) is 2.07. The Morgan fingerprint density at radius 2 is 1.77 bits per heavy atom. The molecule has 0 radical (unpaired) electrons. The largest absolute Gasteiger partial charge is 0.493 e. The predicted molar refractivity (Wildman–Crippen MR) is 153 cm³/mol. The first-order valence-electron chi connectivity index (χ1n) is 13.4. The molecule has 3 aromatic carbocycles. The normalized spacial score (nSPS) is 19.5. The van der Waals surface area contributed by atoms with Gasteiger partial charge in [-0.3, -0.25) is 9.88 Å². The Hall–Kier alpha value is -3.71. The Morgan fingerprint density at radius 3 is 2.62 bits per heavy atom. The van der Waals surface area contributed by atoms with Crippen LogP contribution in [0, 0.1) is 0 Å². The lowest BCUT2D eigenvalue weighted by atomic mass is 9.76. The van der Waals surface area contributed by atoms with Gasteiger partial charge in [0.15, 0.2) is 0 Å². The Bertz CT molecular complexity index is 1680. The number of imidazole rings is 1. The van der Waals surface area contributed by atoms with Crippen molar-refractivity contribution in [3.05, 3.63) is 113 Å². The number of fused-ring (bicyclic) bond motifs is 6. The van der Waals surface area contributed by atoms with Gasteiger partial charge in [-0.25, -0.2) is 4.98 Å². The van der Waals surface area contributed by atoms with Crippen LogP contribution in [0.15, 0.2) is 85.5 Å². The van der Waals surface area contributed by atoms with Crippen molar-refractivity contribution < 1.29 is 9.47 Å². The number of ether oxygens (including phenoxy) is 2. The number of hydrogen-bond acceptors (Lipinski definition) is 5. The van der Waals surface area contributed by atoms with Crippen molar-refractivity contribution in [1.29, 1.82) is 0 Å². The standard InChI is InChI=1S/C32H29ClN4O2/c1-36-21-34-20-30(36)32(37-12-15-38-16-13-37)25-7-8-29(33)23(17-25)10-14-39-27-4-2-3-24(18-27)31-28-19-26(32)6-5-22(28)9-11-35-31/h2-9,11,17-21H,10,12-16H2,1H3. The highest BCUT2D eigenvalue weighted by molar-refractivity contribution is 6.31. The van der Waals surface area contributed by atoms with Gasteiger partial charge in [-0.15, -0.1) is 0 Å². The predicted octanol–water partition coefficient (Wildman–Crippen LogP) is 5.85. The van der Waals surface area contributed by atoms with E-state index in [2.05, 4.69) is 70.0 Å². The minimum Gasteiger partial charge on any atom is -0.493 e. The Balaban J connectivity index is 1.61. The van der Waals surface area contributed by atoms with E-state index in [1.54, 1.807) is 0 Å². The fourth-order valence-electron chi connectivity index (χ4n) is 6.22. The molecule has 0 N–H and O–H groups in total. The molecule has 4 heterocycles. The number of rotatable bonds is 2. The second-order valence-electron chi connectivity index (χ2n) is 10.2. The van der Waals surface area contributed by atoms with Crippen LogP contribution in [0.3, 0.4) is 0 Å². The molecule has 1 fully saturated rings. The Labute approximate surface area is 232 Å². The average molecular weight is 537 g/mol. The Kier molecular flexibility index (Phi) is 6.11. The molecule has 0 amide bonds. The van der Waals surface area contributed by atoms with E-state index in [0.29, 0.717) is 26.2 Å². The van der Waals surface area contributed by atoms with Gasteiger partial charge >= 0.3 is 0 Å². The second-order valence-corrected chi connectivity index (χ2v) is 10.6. The van der Waals surface area contributed by atoms with Crippen molar-refractivity contribution in [1.82, 2.24) is 19.4 Å². The van der Waals surface area contributed by atoms with Crippen LogP contribution in [0.1, 0.15) is 22.4 Å². The summed E-state index contributed by atoms with van der Waals surface area (Å²) >= 11 is 6.79. The highest BCUT2D eigenvalue weighted by atomic mass is 35.5. The summed E-state index contributed by atoms with van der Waals surface area (Å²) in [5.74, 6) is 0.823. The molecule has 2 aliphatic heterocycles. The number of nitrogens with zero attached hydrogens (tertiary/aromatic N) is 4. The molecule has 2 aromatic heterocycles. The summed E-state index contributed by atoms with van der Waals surface area (Å²) in [6.07, 6.45) is 6.45. The number of halogens is 1. The van der Waals surface area contributed by atoms with Crippen LogP contribution in [0.4, 0.5) is 0 Å². The van der Waals surface area contributed by atoms with Crippen molar-refractivity contribution in [2.24, 2.45) is 7.05 Å². The lowest BCUT2D eigenvalue weighted by Crippen LogP contribution is -2.53. The summed E-state index contributed by atoms with van der Waals surface area (Å²) < 4.78 is 14.2. The number of aromatic nitrogens is 3. The van der Waals surface area contributed by atoms with E-state index < -0.39 is 5.54 Å². The van der Waals surface area contributed by atoms with Gasteiger partial charge in [0.1, 0.15) is 11.3 Å². The maximum atomic E-state index is 6.79. The summed E-state index contributed by atoms with van der Waals surface area (Å²) in [4.78, 5) is 12.0. The van der Waals surface area contributed by atoms with Crippen LogP contribution in [-0.4, -0.2) is 52.3 Å². The second kappa shape index (κ2) is 9.79. The molecular formula is C32H29ClN4O2. The first-order chi connectivity index (χ1) is 19.1. The van der Waals surface area contributed by atoms with Crippen LogP contribution in [0.25, 0.3) is 22.0 Å². The minimum atomic E-state index is -0.623. The van der Waals surface area contributed by atoms with Crippen LogP contribution >= 0.6 is 11.6 Å². The van der Waals surface area contributed by atoms with Gasteiger partial charge in [0, 0.05) is 48.7 Å². The van der Waals surface area contributed by atoms with Gasteiger partial charge in [0.25, 0.3) is 0 Å². The van der Waals surface area contributed by atoms with Crippen molar-refractivity contribution in [3.8, 4) is 17.0 Å². The summed E-state index contributed by atoms with van der Waals surface area (Å²) in [5, 5.41) is 2.98. The van der Waals surface area contributed by atoms with Crippen LogP contribution in [0.5, 0.6) is 5.75 Å². The molecule has 0 spiro atoms. The third-order valence-corrected chi connectivity index (χ3v) is 8.44. The molecule has 6 bridgehead atoms. The lowest BCUT2D eigenvalue weighted by molar-refractivity contribution is 0.000415. The Morgan fingerprint density at radius 1 is 0.923 bits per heavy atom. The highest BCUT2D eigenvalue weighted by Gasteiger charge is 2.45. The molecular weight excluding hydrogens is 508 g/mol. The van der Waals surface area contributed by atoms with Gasteiger partial charge in [0.2, 0.25) is 0 Å². The van der Waals surface area contributed by atoms with E-state index in [4.69, 9.17) is 26.1 Å². The third kappa shape index (κ3) is 4.02. The van der Waals surface area contributed by atoms with Crippen molar-refractivity contribution in [3.63, 3.8) is 0 Å². The van der Waals surface area contributed by atoms with Crippen LogP contribution < -0.4 is 4.74 Å².